The summed E-state index contributed by atoms with van der Waals surface area (Å²) < 4.78 is 0. The Labute approximate surface area is 187 Å². The first-order chi connectivity index (χ1) is 15.3. The van der Waals surface area contributed by atoms with Crippen LogP contribution in [0.25, 0.3) is 0 Å². The molecule has 3 aliphatic carbocycles. The first-order valence-corrected chi connectivity index (χ1v) is 11.2. The Balaban J connectivity index is 1.34. The van der Waals surface area contributed by atoms with E-state index in [1.165, 1.54) is 56.0 Å². The smallest absolute Gasteiger partial charge is 0.271 e. The van der Waals surface area contributed by atoms with E-state index in [9.17, 15) is 9.59 Å². The molecular formula is C23H29N7O2. The highest BCUT2D eigenvalue weighted by atomic mass is 16.2. The summed E-state index contributed by atoms with van der Waals surface area (Å²) in [5, 5.41) is 6.65. The highest BCUT2D eigenvalue weighted by Gasteiger charge is 2.71. The Bertz CT molecular complexity index is 1060. The average Bonchev–Trinajstić information content (AvgIpc) is 3.68. The van der Waals surface area contributed by atoms with Gasteiger partial charge in [-0.15, -0.1) is 0 Å². The lowest BCUT2D eigenvalue weighted by atomic mass is 9.73. The second-order valence-electron chi connectivity index (χ2n) is 9.62. The van der Waals surface area contributed by atoms with Crippen molar-refractivity contribution in [1.82, 2.24) is 19.9 Å². The number of fused-ring (bicyclic) bond motifs is 1. The number of nitrogens with zero attached hydrogens (tertiary/aromatic N) is 4. The molecule has 9 nitrogen and oxygen atoms in total. The molecule has 9 heteroatoms. The van der Waals surface area contributed by atoms with Gasteiger partial charge in [-0.2, -0.15) is 0 Å². The standard InChI is InChI=1S/C23H29N7O2/c1-30(2)21(32)15-6-5-14(12-25-15)27-20-18(19(24)31)26-13-17(29-20)28-16-11-23(16)8-4-3-7-22(23)9-10-22/h5-6,12-13,16H,3-4,7-11H2,1-2H3,(H2,24,31)(H2,27,28,29). The largest absolute Gasteiger partial charge is 0.365 e. The molecule has 3 fully saturated rings. The van der Waals surface area contributed by atoms with Gasteiger partial charge in [0, 0.05) is 20.1 Å². The Kier molecular flexibility index (Phi) is 4.79. The van der Waals surface area contributed by atoms with Crippen molar-refractivity contribution in [2.75, 3.05) is 24.7 Å². The highest BCUT2D eigenvalue weighted by Crippen LogP contribution is 2.76. The van der Waals surface area contributed by atoms with Crippen molar-refractivity contribution in [1.29, 1.82) is 0 Å². The van der Waals surface area contributed by atoms with E-state index in [0.29, 0.717) is 34.1 Å². The molecule has 0 bridgehead atoms. The summed E-state index contributed by atoms with van der Waals surface area (Å²) in [6.07, 6.45) is 12.3. The van der Waals surface area contributed by atoms with E-state index in [1.54, 1.807) is 32.4 Å². The second-order valence-corrected chi connectivity index (χ2v) is 9.62. The van der Waals surface area contributed by atoms with Gasteiger partial charge in [0.15, 0.2) is 11.5 Å². The summed E-state index contributed by atoms with van der Waals surface area (Å²) in [7, 11) is 3.34. The number of rotatable bonds is 6. The van der Waals surface area contributed by atoms with Crippen molar-refractivity contribution in [3.05, 3.63) is 35.9 Å². The minimum Gasteiger partial charge on any atom is -0.365 e. The van der Waals surface area contributed by atoms with E-state index < -0.39 is 5.91 Å². The Morgan fingerprint density at radius 3 is 2.53 bits per heavy atom. The van der Waals surface area contributed by atoms with Crippen molar-refractivity contribution in [2.45, 2.75) is 51.0 Å². The topological polar surface area (TPSA) is 126 Å². The summed E-state index contributed by atoms with van der Waals surface area (Å²) in [4.78, 5) is 38.5. The molecule has 0 radical (unpaired) electrons. The Morgan fingerprint density at radius 1 is 1.09 bits per heavy atom. The van der Waals surface area contributed by atoms with Gasteiger partial charge in [0.2, 0.25) is 0 Å². The van der Waals surface area contributed by atoms with Gasteiger partial charge in [-0.05, 0) is 55.1 Å². The zero-order chi connectivity index (χ0) is 22.5. The number of carbonyl (C=O) groups excluding carboxylic acids is 2. The summed E-state index contributed by atoms with van der Waals surface area (Å²) in [5.41, 5.74) is 7.44. The Morgan fingerprint density at radius 2 is 1.88 bits per heavy atom. The number of nitrogens with one attached hydrogen (secondary N) is 2. The zero-order valence-corrected chi connectivity index (χ0v) is 18.5. The second kappa shape index (κ2) is 7.43. The van der Waals surface area contributed by atoms with Gasteiger partial charge < -0.3 is 21.3 Å². The number of carbonyl (C=O) groups is 2. The molecule has 5 rings (SSSR count). The minimum atomic E-state index is -0.661. The molecule has 2 spiro atoms. The van der Waals surface area contributed by atoms with Crippen LogP contribution in [-0.2, 0) is 0 Å². The Hall–Kier alpha value is -3.23. The molecular weight excluding hydrogens is 406 g/mol. The first-order valence-electron chi connectivity index (χ1n) is 11.2. The predicted molar refractivity (Wildman–Crippen MR) is 121 cm³/mol. The molecule has 168 valence electrons. The van der Waals surface area contributed by atoms with Crippen LogP contribution < -0.4 is 16.4 Å². The number of anilines is 3. The van der Waals surface area contributed by atoms with Gasteiger partial charge in [0.05, 0.1) is 18.1 Å². The number of pyridine rings is 1. The molecule has 2 unspecified atom stereocenters. The maximum Gasteiger partial charge on any atom is 0.271 e. The van der Waals surface area contributed by atoms with Crippen LogP contribution in [0.1, 0.15) is 65.9 Å². The van der Waals surface area contributed by atoms with Crippen LogP contribution in [0.5, 0.6) is 0 Å². The number of nitrogens with two attached hydrogens (primary N) is 1. The van der Waals surface area contributed by atoms with E-state index in [4.69, 9.17) is 5.73 Å². The van der Waals surface area contributed by atoms with Crippen LogP contribution >= 0.6 is 0 Å². The molecule has 0 aliphatic heterocycles. The average molecular weight is 436 g/mol. The van der Waals surface area contributed by atoms with Gasteiger partial charge in [-0.1, -0.05) is 12.8 Å². The maximum absolute atomic E-state index is 12.0. The molecule has 4 N–H and O–H groups in total. The lowest BCUT2D eigenvalue weighted by molar-refractivity contribution is 0.0821. The molecule has 3 aliphatic rings. The monoisotopic (exact) mass is 435 g/mol. The zero-order valence-electron chi connectivity index (χ0n) is 18.5. The van der Waals surface area contributed by atoms with Gasteiger partial charge in [-0.3, -0.25) is 9.59 Å². The van der Waals surface area contributed by atoms with E-state index in [-0.39, 0.29) is 17.4 Å². The van der Waals surface area contributed by atoms with E-state index in [0.717, 1.165) is 0 Å². The van der Waals surface area contributed by atoms with Crippen molar-refractivity contribution in [3.63, 3.8) is 0 Å². The molecule has 2 aromatic heterocycles. The number of amides is 2. The summed E-state index contributed by atoms with van der Waals surface area (Å²) in [5.74, 6) is 0.0597. The fourth-order valence-corrected chi connectivity index (χ4v) is 5.54. The lowest BCUT2D eigenvalue weighted by Crippen LogP contribution is -2.28. The first kappa shape index (κ1) is 20.7. The summed E-state index contributed by atoms with van der Waals surface area (Å²) >= 11 is 0. The number of primary amides is 1. The van der Waals surface area contributed by atoms with E-state index in [2.05, 4.69) is 25.6 Å². The fraction of sp³-hybridized carbons (Fsp3) is 0.522. The van der Waals surface area contributed by atoms with Crippen molar-refractivity contribution < 1.29 is 9.59 Å². The van der Waals surface area contributed by atoms with Gasteiger partial charge >= 0.3 is 0 Å². The lowest BCUT2D eigenvalue weighted by Gasteiger charge is -2.33. The van der Waals surface area contributed by atoms with Gasteiger partial charge in [0.25, 0.3) is 11.8 Å². The van der Waals surface area contributed by atoms with Crippen molar-refractivity contribution in [3.8, 4) is 0 Å². The highest BCUT2D eigenvalue weighted by molar-refractivity contribution is 5.96. The summed E-state index contributed by atoms with van der Waals surface area (Å²) in [6, 6.07) is 3.74. The predicted octanol–water partition coefficient (Wildman–Crippen LogP) is 2.94. The molecule has 2 atom stereocenters. The molecule has 3 saturated carbocycles. The van der Waals surface area contributed by atoms with Crippen LogP contribution in [0.15, 0.2) is 24.5 Å². The molecule has 0 saturated heterocycles. The van der Waals surface area contributed by atoms with Crippen LogP contribution in [0, 0.1) is 10.8 Å². The van der Waals surface area contributed by atoms with Gasteiger partial charge in [-0.25, -0.2) is 15.0 Å². The van der Waals surface area contributed by atoms with Crippen LogP contribution in [0.2, 0.25) is 0 Å². The van der Waals surface area contributed by atoms with E-state index in [1.807, 2.05) is 0 Å². The van der Waals surface area contributed by atoms with Crippen molar-refractivity contribution in [2.24, 2.45) is 16.6 Å². The number of hydrogen-bond acceptors (Lipinski definition) is 7. The SMILES string of the molecule is CN(C)C(=O)c1ccc(Nc2nc(NC3CC34CCCCC43CC3)cnc2C(N)=O)cn1. The molecule has 2 amide bonds. The van der Waals surface area contributed by atoms with Crippen molar-refractivity contribution >= 4 is 29.1 Å². The molecule has 32 heavy (non-hydrogen) atoms. The molecule has 2 aromatic rings. The molecule has 2 heterocycles. The minimum absolute atomic E-state index is 0.0610. The number of aromatic nitrogens is 3. The quantitative estimate of drug-likeness (QED) is 0.637. The van der Waals surface area contributed by atoms with Crippen LogP contribution in [0.3, 0.4) is 0 Å². The fourth-order valence-electron chi connectivity index (χ4n) is 5.54. The third kappa shape index (κ3) is 3.45. The third-order valence-corrected chi connectivity index (χ3v) is 7.49. The normalized spacial score (nSPS) is 24.8. The number of hydrogen-bond donors (Lipinski definition) is 3. The summed E-state index contributed by atoms with van der Waals surface area (Å²) in [6.45, 7) is 0. The maximum atomic E-state index is 12.0. The third-order valence-electron chi connectivity index (χ3n) is 7.49. The molecule has 0 aromatic carbocycles. The van der Waals surface area contributed by atoms with Gasteiger partial charge in [0.1, 0.15) is 11.5 Å². The van der Waals surface area contributed by atoms with E-state index >= 15 is 0 Å². The van der Waals surface area contributed by atoms with Crippen LogP contribution in [0.4, 0.5) is 17.3 Å². The van der Waals surface area contributed by atoms with Crippen LogP contribution in [-0.4, -0.2) is 51.8 Å².